The molecular formula is C13H26N2O2. The molecule has 1 amide bonds. The first-order valence-electron chi connectivity index (χ1n) is 6.71. The zero-order valence-corrected chi connectivity index (χ0v) is 11.4. The van der Waals surface area contributed by atoms with Gasteiger partial charge in [-0.15, -0.1) is 0 Å². The van der Waals surface area contributed by atoms with Crippen LogP contribution in [0.25, 0.3) is 0 Å². The van der Waals surface area contributed by atoms with Gasteiger partial charge in [0.2, 0.25) is 5.91 Å². The third-order valence-electron chi connectivity index (χ3n) is 3.45. The summed E-state index contributed by atoms with van der Waals surface area (Å²) >= 11 is 0. The molecule has 4 nitrogen and oxygen atoms in total. The largest absolute Gasteiger partial charge is 0.395 e. The van der Waals surface area contributed by atoms with Gasteiger partial charge in [-0.3, -0.25) is 9.69 Å². The molecule has 0 spiro atoms. The Bertz CT molecular complexity index is 232. The van der Waals surface area contributed by atoms with Crippen LogP contribution in [0.15, 0.2) is 0 Å². The first-order chi connectivity index (χ1) is 8.08. The number of hydrogen-bond donors (Lipinski definition) is 1. The summed E-state index contributed by atoms with van der Waals surface area (Å²) in [7, 11) is 0. The van der Waals surface area contributed by atoms with E-state index in [2.05, 4.69) is 25.7 Å². The number of rotatable bonds is 5. The van der Waals surface area contributed by atoms with E-state index in [0.717, 1.165) is 32.6 Å². The third-order valence-corrected chi connectivity index (χ3v) is 3.45. The topological polar surface area (TPSA) is 43.8 Å². The molecule has 0 radical (unpaired) electrons. The van der Waals surface area contributed by atoms with Crippen LogP contribution in [0.1, 0.15) is 33.6 Å². The molecule has 1 unspecified atom stereocenters. The maximum absolute atomic E-state index is 11.9. The maximum Gasteiger partial charge on any atom is 0.222 e. The Hall–Kier alpha value is -0.610. The molecule has 1 atom stereocenters. The molecule has 17 heavy (non-hydrogen) atoms. The predicted octanol–water partition coefficient (Wildman–Crippen LogP) is 0.948. The van der Waals surface area contributed by atoms with Crippen molar-refractivity contribution in [2.24, 2.45) is 5.92 Å². The molecule has 1 aliphatic rings. The smallest absolute Gasteiger partial charge is 0.222 e. The number of carbonyl (C=O) groups is 1. The molecule has 0 saturated carbocycles. The lowest BCUT2D eigenvalue weighted by Crippen LogP contribution is -2.52. The Labute approximate surface area is 105 Å². The summed E-state index contributed by atoms with van der Waals surface area (Å²) in [4.78, 5) is 16.1. The minimum atomic E-state index is 0.219. The average Bonchev–Trinajstić information content (AvgIpc) is 2.30. The molecule has 1 heterocycles. The molecule has 1 saturated heterocycles. The number of hydrogen-bond acceptors (Lipinski definition) is 3. The highest BCUT2D eigenvalue weighted by atomic mass is 16.3. The van der Waals surface area contributed by atoms with Crippen molar-refractivity contribution < 1.29 is 9.90 Å². The lowest BCUT2D eigenvalue weighted by Gasteiger charge is -2.38. The predicted molar refractivity (Wildman–Crippen MR) is 68.8 cm³/mol. The lowest BCUT2D eigenvalue weighted by atomic mass is 10.1. The number of amides is 1. The standard InChI is InChI=1S/C13H26N2O2/c1-4-12(10-16)14-5-7-15(8-6-14)13(17)9-11(2)3/h11-12,16H,4-10H2,1-3H3. The molecule has 1 aliphatic heterocycles. The second-order valence-corrected chi connectivity index (χ2v) is 5.26. The van der Waals surface area contributed by atoms with Gasteiger partial charge in [0.05, 0.1) is 6.61 Å². The number of aliphatic hydroxyl groups excluding tert-OH is 1. The summed E-state index contributed by atoms with van der Waals surface area (Å²) in [6.07, 6.45) is 1.62. The second kappa shape index (κ2) is 6.97. The Morgan fingerprint density at radius 3 is 2.24 bits per heavy atom. The first kappa shape index (κ1) is 14.5. The van der Waals surface area contributed by atoms with Crippen molar-refractivity contribution >= 4 is 5.91 Å². The van der Waals surface area contributed by atoms with Crippen LogP contribution in [-0.2, 0) is 4.79 Å². The monoisotopic (exact) mass is 242 g/mol. The van der Waals surface area contributed by atoms with Gasteiger partial charge in [0.15, 0.2) is 0 Å². The van der Waals surface area contributed by atoms with Crippen molar-refractivity contribution in [3.8, 4) is 0 Å². The number of carbonyl (C=O) groups excluding carboxylic acids is 1. The summed E-state index contributed by atoms with van der Waals surface area (Å²) in [5, 5.41) is 9.25. The first-order valence-corrected chi connectivity index (χ1v) is 6.71. The van der Waals surface area contributed by atoms with Crippen LogP contribution >= 0.6 is 0 Å². The van der Waals surface area contributed by atoms with Crippen LogP contribution in [0, 0.1) is 5.92 Å². The molecule has 0 aromatic rings. The van der Waals surface area contributed by atoms with Gasteiger partial charge >= 0.3 is 0 Å². The highest BCUT2D eigenvalue weighted by Gasteiger charge is 2.24. The Kier molecular flexibility index (Phi) is 5.92. The average molecular weight is 242 g/mol. The normalized spacial score (nSPS) is 19.7. The molecule has 100 valence electrons. The van der Waals surface area contributed by atoms with Gasteiger partial charge < -0.3 is 10.0 Å². The molecule has 0 aromatic carbocycles. The molecule has 1 fully saturated rings. The minimum Gasteiger partial charge on any atom is -0.395 e. The van der Waals surface area contributed by atoms with Gasteiger partial charge in [-0.1, -0.05) is 20.8 Å². The van der Waals surface area contributed by atoms with Crippen LogP contribution in [0.2, 0.25) is 0 Å². The van der Waals surface area contributed by atoms with Gasteiger partial charge in [0.25, 0.3) is 0 Å². The molecule has 4 heteroatoms. The summed E-state index contributed by atoms with van der Waals surface area (Å²) in [6, 6.07) is 0.261. The number of aliphatic hydroxyl groups is 1. The van der Waals surface area contributed by atoms with Crippen LogP contribution in [-0.4, -0.2) is 59.6 Å². The molecule has 1 rings (SSSR count). The van der Waals surface area contributed by atoms with E-state index in [1.54, 1.807) is 0 Å². The quantitative estimate of drug-likeness (QED) is 0.780. The zero-order valence-electron chi connectivity index (χ0n) is 11.4. The summed E-state index contributed by atoms with van der Waals surface area (Å²) < 4.78 is 0. The van der Waals surface area contributed by atoms with Crippen LogP contribution in [0.3, 0.4) is 0 Å². The van der Waals surface area contributed by atoms with E-state index in [1.165, 1.54) is 0 Å². The van der Waals surface area contributed by atoms with Crippen molar-refractivity contribution in [3.05, 3.63) is 0 Å². The summed E-state index contributed by atoms with van der Waals surface area (Å²) in [5.41, 5.74) is 0. The van der Waals surface area contributed by atoms with E-state index in [4.69, 9.17) is 0 Å². The van der Waals surface area contributed by atoms with Crippen molar-refractivity contribution in [3.63, 3.8) is 0 Å². The summed E-state index contributed by atoms with van der Waals surface area (Å²) in [5.74, 6) is 0.707. The fourth-order valence-electron chi connectivity index (χ4n) is 2.32. The van der Waals surface area contributed by atoms with Crippen molar-refractivity contribution in [2.75, 3.05) is 32.8 Å². The molecule has 0 aromatic heterocycles. The SMILES string of the molecule is CCC(CO)N1CCN(C(=O)CC(C)C)CC1. The van der Waals surface area contributed by atoms with Crippen molar-refractivity contribution in [1.82, 2.24) is 9.80 Å². The molecular weight excluding hydrogens is 216 g/mol. The molecule has 0 bridgehead atoms. The van der Waals surface area contributed by atoms with E-state index in [1.807, 2.05) is 4.90 Å². The van der Waals surface area contributed by atoms with Gasteiger partial charge in [-0.05, 0) is 12.3 Å². The Balaban J connectivity index is 2.37. The minimum absolute atomic E-state index is 0.219. The Morgan fingerprint density at radius 1 is 1.24 bits per heavy atom. The fourth-order valence-corrected chi connectivity index (χ4v) is 2.32. The third kappa shape index (κ3) is 4.28. The zero-order chi connectivity index (χ0) is 12.8. The van der Waals surface area contributed by atoms with E-state index in [-0.39, 0.29) is 18.6 Å². The fraction of sp³-hybridized carbons (Fsp3) is 0.923. The van der Waals surface area contributed by atoms with Gasteiger partial charge in [0.1, 0.15) is 0 Å². The molecule has 0 aliphatic carbocycles. The second-order valence-electron chi connectivity index (χ2n) is 5.26. The highest BCUT2D eigenvalue weighted by Crippen LogP contribution is 2.11. The number of nitrogens with zero attached hydrogens (tertiary/aromatic N) is 2. The van der Waals surface area contributed by atoms with E-state index in [0.29, 0.717) is 12.3 Å². The van der Waals surface area contributed by atoms with Crippen LogP contribution in [0.4, 0.5) is 0 Å². The van der Waals surface area contributed by atoms with Crippen molar-refractivity contribution in [1.29, 1.82) is 0 Å². The van der Waals surface area contributed by atoms with E-state index < -0.39 is 0 Å². The van der Waals surface area contributed by atoms with Crippen LogP contribution < -0.4 is 0 Å². The van der Waals surface area contributed by atoms with E-state index in [9.17, 15) is 9.90 Å². The van der Waals surface area contributed by atoms with Gasteiger partial charge in [-0.2, -0.15) is 0 Å². The summed E-state index contributed by atoms with van der Waals surface area (Å²) in [6.45, 7) is 9.86. The number of piperazine rings is 1. The van der Waals surface area contributed by atoms with Gasteiger partial charge in [0, 0.05) is 38.6 Å². The maximum atomic E-state index is 11.9. The molecule has 1 N–H and O–H groups in total. The van der Waals surface area contributed by atoms with Crippen molar-refractivity contribution in [2.45, 2.75) is 39.7 Å². The highest BCUT2D eigenvalue weighted by molar-refractivity contribution is 5.76. The lowest BCUT2D eigenvalue weighted by molar-refractivity contribution is -0.134. The van der Waals surface area contributed by atoms with E-state index >= 15 is 0 Å². The van der Waals surface area contributed by atoms with Crippen LogP contribution in [0.5, 0.6) is 0 Å². The van der Waals surface area contributed by atoms with Gasteiger partial charge in [-0.25, -0.2) is 0 Å². The Morgan fingerprint density at radius 2 is 1.82 bits per heavy atom.